The minimum atomic E-state index is 0.741. The predicted octanol–water partition coefficient (Wildman–Crippen LogP) is 3.29. The zero-order valence-corrected chi connectivity index (χ0v) is 10.3. The number of methoxy groups -OCH3 is 1. The van der Waals surface area contributed by atoms with Crippen molar-refractivity contribution in [3.63, 3.8) is 0 Å². The summed E-state index contributed by atoms with van der Waals surface area (Å²) in [6.07, 6.45) is 5.37. The van der Waals surface area contributed by atoms with Gasteiger partial charge in [0.25, 0.3) is 0 Å². The summed E-state index contributed by atoms with van der Waals surface area (Å²) in [5, 5.41) is 3.34. The van der Waals surface area contributed by atoms with Gasteiger partial charge in [0.15, 0.2) is 0 Å². The molecule has 0 heterocycles. The second-order valence-electron chi connectivity index (χ2n) is 3.93. The van der Waals surface area contributed by atoms with E-state index in [9.17, 15) is 0 Å². The van der Waals surface area contributed by atoms with Crippen LogP contribution in [0, 0.1) is 12.3 Å². The van der Waals surface area contributed by atoms with Gasteiger partial charge in [0, 0.05) is 17.8 Å². The van der Waals surface area contributed by atoms with Gasteiger partial charge in [-0.25, -0.2) is 0 Å². The molecule has 0 aromatic heterocycles. The molecule has 0 fully saturated rings. The van der Waals surface area contributed by atoms with Crippen LogP contribution in [0.25, 0.3) is 0 Å². The van der Waals surface area contributed by atoms with Gasteiger partial charge in [0.05, 0.1) is 7.11 Å². The highest BCUT2D eigenvalue weighted by Gasteiger charge is 1.97. The second kappa shape index (κ2) is 5.79. The van der Waals surface area contributed by atoms with Crippen LogP contribution in [0.5, 0.6) is 5.75 Å². The lowest BCUT2D eigenvalue weighted by Gasteiger charge is -2.08. The van der Waals surface area contributed by atoms with Gasteiger partial charge in [-0.1, -0.05) is 24.1 Å². The van der Waals surface area contributed by atoms with E-state index in [0.29, 0.717) is 0 Å². The minimum Gasteiger partial charge on any atom is -0.497 e. The summed E-state index contributed by atoms with van der Waals surface area (Å²) in [6.45, 7) is 0.741. The third-order valence-electron chi connectivity index (χ3n) is 2.66. The predicted molar refractivity (Wildman–Crippen MR) is 74.7 cm³/mol. The Bertz CT molecular complexity index is 569. The van der Waals surface area contributed by atoms with E-state index in [-0.39, 0.29) is 0 Å². The molecule has 0 aliphatic heterocycles. The molecule has 0 radical (unpaired) electrons. The zero-order chi connectivity index (χ0) is 12.8. The first-order valence-electron chi connectivity index (χ1n) is 5.75. The Hall–Kier alpha value is -2.40. The minimum absolute atomic E-state index is 0.741. The molecule has 1 N–H and O–H groups in total. The summed E-state index contributed by atoms with van der Waals surface area (Å²) >= 11 is 0. The molecule has 2 aromatic carbocycles. The SMILES string of the molecule is C#Cc1cccc(NCc2cccc(OC)c2)c1. The highest BCUT2D eigenvalue weighted by molar-refractivity contribution is 5.50. The summed E-state index contributed by atoms with van der Waals surface area (Å²) in [4.78, 5) is 0. The number of rotatable bonds is 4. The van der Waals surface area contributed by atoms with Crippen LogP contribution in [0.4, 0.5) is 5.69 Å². The average molecular weight is 237 g/mol. The van der Waals surface area contributed by atoms with Gasteiger partial charge in [0.1, 0.15) is 5.75 Å². The van der Waals surface area contributed by atoms with Crippen molar-refractivity contribution in [1.82, 2.24) is 0 Å². The number of hydrogen-bond acceptors (Lipinski definition) is 2. The van der Waals surface area contributed by atoms with Crippen molar-refractivity contribution in [1.29, 1.82) is 0 Å². The summed E-state index contributed by atoms with van der Waals surface area (Å²) in [5.41, 5.74) is 3.07. The molecule has 2 aromatic rings. The zero-order valence-electron chi connectivity index (χ0n) is 10.3. The Morgan fingerprint density at radius 2 is 2.00 bits per heavy atom. The molecule has 2 rings (SSSR count). The molecular formula is C16H15NO. The fraction of sp³-hybridized carbons (Fsp3) is 0.125. The smallest absolute Gasteiger partial charge is 0.119 e. The van der Waals surface area contributed by atoms with Gasteiger partial charge < -0.3 is 10.1 Å². The van der Waals surface area contributed by atoms with Gasteiger partial charge in [-0.05, 0) is 35.9 Å². The molecule has 0 aliphatic carbocycles. The maximum atomic E-state index is 5.37. The Morgan fingerprint density at radius 3 is 2.78 bits per heavy atom. The lowest BCUT2D eigenvalue weighted by atomic mass is 10.2. The lowest BCUT2D eigenvalue weighted by molar-refractivity contribution is 0.414. The molecule has 0 unspecified atom stereocenters. The summed E-state index contributed by atoms with van der Waals surface area (Å²) in [7, 11) is 1.67. The molecule has 0 aliphatic rings. The van der Waals surface area contributed by atoms with E-state index in [0.717, 1.165) is 23.5 Å². The van der Waals surface area contributed by atoms with E-state index >= 15 is 0 Å². The van der Waals surface area contributed by atoms with Crippen LogP contribution >= 0.6 is 0 Å². The fourth-order valence-corrected chi connectivity index (χ4v) is 1.71. The molecule has 0 saturated heterocycles. The van der Waals surface area contributed by atoms with Crippen LogP contribution < -0.4 is 10.1 Å². The first-order chi connectivity index (χ1) is 8.81. The Balaban J connectivity index is 2.04. The normalized spacial score (nSPS) is 9.56. The van der Waals surface area contributed by atoms with Gasteiger partial charge in [-0.3, -0.25) is 0 Å². The summed E-state index contributed by atoms with van der Waals surface area (Å²) < 4.78 is 5.19. The standard InChI is InChI=1S/C16H15NO/c1-3-13-6-4-8-15(10-13)17-12-14-7-5-9-16(11-14)18-2/h1,4-11,17H,12H2,2H3. The topological polar surface area (TPSA) is 21.3 Å². The van der Waals surface area contributed by atoms with Crippen LogP contribution in [0.3, 0.4) is 0 Å². The molecule has 0 amide bonds. The molecule has 0 saturated carbocycles. The lowest BCUT2D eigenvalue weighted by Crippen LogP contribution is -1.99. The van der Waals surface area contributed by atoms with Crippen LogP contribution in [0.1, 0.15) is 11.1 Å². The largest absolute Gasteiger partial charge is 0.497 e. The van der Waals surface area contributed by atoms with Gasteiger partial charge in [-0.2, -0.15) is 0 Å². The van der Waals surface area contributed by atoms with Crippen LogP contribution in [-0.2, 0) is 6.54 Å². The van der Waals surface area contributed by atoms with E-state index in [1.807, 2.05) is 42.5 Å². The number of hydrogen-bond donors (Lipinski definition) is 1. The monoisotopic (exact) mass is 237 g/mol. The van der Waals surface area contributed by atoms with Crippen molar-refractivity contribution in [3.8, 4) is 18.1 Å². The van der Waals surface area contributed by atoms with E-state index in [1.165, 1.54) is 5.56 Å². The van der Waals surface area contributed by atoms with Crippen molar-refractivity contribution in [3.05, 3.63) is 59.7 Å². The van der Waals surface area contributed by atoms with Crippen molar-refractivity contribution >= 4 is 5.69 Å². The number of nitrogens with one attached hydrogen (secondary N) is 1. The molecular weight excluding hydrogens is 222 g/mol. The first kappa shape index (κ1) is 12.1. The van der Waals surface area contributed by atoms with Gasteiger partial charge in [-0.15, -0.1) is 6.42 Å². The van der Waals surface area contributed by atoms with Crippen molar-refractivity contribution in [2.45, 2.75) is 6.54 Å². The maximum absolute atomic E-state index is 5.37. The van der Waals surface area contributed by atoms with Crippen LogP contribution in [0.15, 0.2) is 48.5 Å². The van der Waals surface area contributed by atoms with E-state index < -0.39 is 0 Å². The number of ether oxygens (including phenoxy) is 1. The summed E-state index contributed by atoms with van der Waals surface area (Å²) in [6, 6.07) is 15.8. The third kappa shape index (κ3) is 3.05. The Labute approximate surface area is 108 Å². The first-order valence-corrected chi connectivity index (χ1v) is 5.75. The molecule has 0 bridgehead atoms. The van der Waals surface area contributed by atoms with E-state index in [4.69, 9.17) is 11.2 Å². The third-order valence-corrected chi connectivity index (χ3v) is 2.66. The second-order valence-corrected chi connectivity index (χ2v) is 3.93. The number of terminal acetylenes is 1. The molecule has 0 spiro atoms. The van der Waals surface area contributed by atoms with Crippen LogP contribution in [0.2, 0.25) is 0 Å². The van der Waals surface area contributed by atoms with Crippen molar-refractivity contribution < 1.29 is 4.74 Å². The maximum Gasteiger partial charge on any atom is 0.119 e. The van der Waals surface area contributed by atoms with Crippen molar-refractivity contribution in [2.24, 2.45) is 0 Å². The molecule has 2 heteroatoms. The Kier molecular flexibility index (Phi) is 3.88. The highest BCUT2D eigenvalue weighted by Crippen LogP contribution is 2.15. The number of benzene rings is 2. The highest BCUT2D eigenvalue weighted by atomic mass is 16.5. The van der Waals surface area contributed by atoms with E-state index in [1.54, 1.807) is 7.11 Å². The summed E-state index contributed by atoms with van der Waals surface area (Å²) in [5.74, 6) is 3.49. The van der Waals surface area contributed by atoms with Crippen molar-refractivity contribution in [2.75, 3.05) is 12.4 Å². The van der Waals surface area contributed by atoms with Gasteiger partial charge >= 0.3 is 0 Å². The van der Waals surface area contributed by atoms with E-state index in [2.05, 4.69) is 17.3 Å². The fourth-order valence-electron chi connectivity index (χ4n) is 1.71. The molecule has 18 heavy (non-hydrogen) atoms. The quantitative estimate of drug-likeness (QED) is 0.824. The van der Waals surface area contributed by atoms with Crippen LogP contribution in [-0.4, -0.2) is 7.11 Å². The average Bonchev–Trinajstić information content (AvgIpc) is 2.45. The Morgan fingerprint density at radius 1 is 1.17 bits per heavy atom. The number of anilines is 1. The molecule has 90 valence electrons. The molecule has 0 atom stereocenters. The molecule has 2 nitrogen and oxygen atoms in total. The van der Waals surface area contributed by atoms with Gasteiger partial charge in [0.2, 0.25) is 0 Å².